The summed E-state index contributed by atoms with van der Waals surface area (Å²) in [5, 5.41) is 3.66. The van der Waals surface area contributed by atoms with Crippen LogP contribution < -0.4 is 5.32 Å². The van der Waals surface area contributed by atoms with Gasteiger partial charge in [-0.15, -0.1) is 0 Å². The average Bonchev–Trinajstić information content (AvgIpc) is 2.49. The molecule has 0 saturated carbocycles. The third kappa shape index (κ3) is 5.10. The first kappa shape index (κ1) is 16.5. The van der Waals surface area contributed by atoms with Gasteiger partial charge in [-0.2, -0.15) is 0 Å². The van der Waals surface area contributed by atoms with Gasteiger partial charge in [0.15, 0.2) is 0 Å². The van der Waals surface area contributed by atoms with Crippen LogP contribution in [0.2, 0.25) is 0 Å². The molecule has 1 atom stereocenters. The van der Waals surface area contributed by atoms with E-state index in [9.17, 15) is 0 Å². The zero-order valence-electron chi connectivity index (χ0n) is 13.8. The van der Waals surface area contributed by atoms with Gasteiger partial charge in [-0.25, -0.2) is 0 Å². The summed E-state index contributed by atoms with van der Waals surface area (Å²) < 4.78 is 5.33. The summed E-state index contributed by atoms with van der Waals surface area (Å²) in [5.41, 5.74) is 2.70. The molecule has 0 bridgehead atoms. The molecule has 1 heterocycles. The van der Waals surface area contributed by atoms with Gasteiger partial charge >= 0.3 is 0 Å². The van der Waals surface area contributed by atoms with Crippen molar-refractivity contribution < 1.29 is 4.74 Å². The van der Waals surface area contributed by atoms with Gasteiger partial charge in [0.2, 0.25) is 0 Å². The number of piperidine rings is 1. The van der Waals surface area contributed by atoms with E-state index in [1.165, 1.54) is 36.9 Å². The normalized spacial score (nSPS) is 19.4. The van der Waals surface area contributed by atoms with E-state index in [0.717, 1.165) is 13.1 Å². The zero-order valence-corrected chi connectivity index (χ0v) is 13.8. The number of ether oxygens (including phenoxy) is 1. The minimum atomic E-state index is 0.560. The van der Waals surface area contributed by atoms with Crippen molar-refractivity contribution in [2.24, 2.45) is 0 Å². The smallest absolute Gasteiger partial charge is 0.0716 e. The van der Waals surface area contributed by atoms with Crippen molar-refractivity contribution in [2.45, 2.75) is 58.3 Å². The fourth-order valence-electron chi connectivity index (χ4n) is 3.05. The van der Waals surface area contributed by atoms with Crippen molar-refractivity contribution in [1.29, 1.82) is 0 Å². The lowest BCUT2D eigenvalue weighted by atomic mass is 10.0. The molecule has 1 unspecified atom stereocenters. The first-order valence-corrected chi connectivity index (χ1v) is 8.24. The minimum absolute atomic E-state index is 0.560. The van der Waals surface area contributed by atoms with Crippen molar-refractivity contribution >= 4 is 0 Å². The summed E-state index contributed by atoms with van der Waals surface area (Å²) in [4.78, 5) is 2.58. The maximum atomic E-state index is 5.33. The monoisotopic (exact) mass is 290 g/mol. The number of hydrogen-bond acceptors (Lipinski definition) is 3. The second kappa shape index (κ2) is 8.52. The number of rotatable bonds is 7. The molecule has 3 heteroatoms. The standard InChI is InChI=1S/C18H30N2O/c1-15(2)20(13-18-10-6-7-11-19-18)12-16-8-4-5-9-17(16)14-21-3/h4-5,8-9,15,18-19H,6-7,10-14H2,1-3H3. The molecule has 0 radical (unpaired) electrons. The summed E-state index contributed by atoms with van der Waals surface area (Å²) in [5.74, 6) is 0. The molecular formula is C18H30N2O. The SMILES string of the molecule is COCc1ccccc1CN(CC1CCCCN1)C(C)C. The summed E-state index contributed by atoms with van der Waals surface area (Å²) >= 11 is 0. The first-order chi connectivity index (χ1) is 10.2. The van der Waals surface area contributed by atoms with Gasteiger partial charge in [-0.1, -0.05) is 30.7 Å². The number of nitrogens with zero attached hydrogens (tertiary/aromatic N) is 1. The predicted octanol–water partition coefficient (Wildman–Crippen LogP) is 3.19. The van der Waals surface area contributed by atoms with Crippen molar-refractivity contribution in [3.63, 3.8) is 0 Å². The van der Waals surface area contributed by atoms with E-state index in [1.807, 2.05) is 0 Å². The second-order valence-corrected chi connectivity index (χ2v) is 6.37. The number of methoxy groups -OCH3 is 1. The highest BCUT2D eigenvalue weighted by molar-refractivity contribution is 5.26. The van der Waals surface area contributed by atoms with E-state index >= 15 is 0 Å². The van der Waals surface area contributed by atoms with Crippen LogP contribution in [0, 0.1) is 0 Å². The Kier molecular flexibility index (Phi) is 6.68. The van der Waals surface area contributed by atoms with Crippen LogP contribution in [0.4, 0.5) is 0 Å². The van der Waals surface area contributed by atoms with Crippen LogP contribution in [0.5, 0.6) is 0 Å². The zero-order chi connectivity index (χ0) is 15.1. The largest absolute Gasteiger partial charge is 0.380 e. The molecule has 1 N–H and O–H groups in total. The van der Waals surface area contributed by atoms with Crippen LogP contribution in [0.1, 0.15) is 44.2 Å². The molecule has 2 rings (SSSR count). The highest BCUT2D eigenvalue weighted by Gasteiger charge is 2.19. The Bertz CT molecular complexity index is 413. The molecule has 0 amide bonds. The molecule has 1 fully saturated rings. The lowest BCUT2D eigenvalue weighted by Gasteiger charge is -2.33. The van der Waals surface area contributed by atoms with Gasteiger partial charge in [0.1, 0.15) is 0 Å². The van der Waals surface area contributed by atoms with E-state index in [-0.39, 0.29) is 0 Å². The molecule has 1 saturated heterocycles. The molecule has 1 aromatic carbocycles. The Morgan fingerprint density at radius 3 is 2.62 bits per heavy atom. The lowest BCUT2D eigenvalue weighted by molar-refractivity contribution is 0.168. The number of benzene rings is 1. The molecule has 21 heavy (non-hydrogen) atoms. The third-order valence-corrected chi connectivity index (χ3v) is 4.39. The fourth-order valence-corrected chi connectivity index (χ4v) is 3.05. The van der Waals surface area contributed by atoms with Crippen molar-refractivity contribution in [2.75, 3.05) is 20.2 Å². The quantitative estimate of drug-likeness (QED) is 0.834. The van der Waals surface area contributed by atoms with E-state index < -0.39 is 0 Å². The Labute approximate surface area is 129 Å². The highest BCUT2D eigenvalue weighted by Crippen LogP contribution is 2.17. The van der Waals surface area contributed by atoms with E-state index in [4.69, 9.17) is 4.74 Å². The predicted molar refractivity (Wildman–Crippen MR) is 88.3 cm³/mol. The third-order valence-electron chi connectivity index (χ3n) is 4.39. The summed E-state index contributed by atoms with van der Waals surface area (Å²) in [6, 6.07) is 9.85. The lowest BCUT2D eigenvalue weighted by Crippen LogP contribution is -2.45. The molecule has 0 aliphatic carbocycles. The Morgan fingerprint density at radius 2 is 2.00 bits per heavy atom. The van der Waals surface area contributed by atoms with Crippen molar-refractivity contribution in [1.82, 2.24) is 10.2 Å². The molecule has 1 aliphatic rings. The van der Waals surface area contributed by atoms with Crippen LogP contribution in [0.3, 0.4) is 0 Å². The van der Waals surface area contributed by atoms with Crippen LogP contribution >= 0.6 is 0 Å². The van der Waals surface area contributed by atoms with E-state index in [0.29, 0.717) is 18.7 Å². The highest BCUT2D eigenvalue weighted by atomic mass is 16.5. The minimum Gasteiger partial charge on any atom is -0.380 e. The molecule has 1 aliphatic heterocycles. The first-order valence-electron chi connectivity index (χ1n) is 8.24. The maximum Gasteiger partial charge on any atom is 0.0716 e. The topological polar surface area (TPSA) is 24.5 Å². The van der Waals surface area contributed by atoms with Crippen molar-refractivity contribution in [3.8, 4) is 0 Å². The Morgan fingerprint density at radius 1 is 1.24 bits per heavy atom. The van der Waals surface area contributed by atoms with Gasteiger partial charge in [0.05, 0.1) is 6.61 Å². The number of hydrogen-bond donors (Lipinski definition) is 1. The molecule has 1 aromatic rings. The van der Waals surface area contributed by atoms with Gasteiger partial charge < -0.3 is 10.1 Å². The maximum absolute atomic E-state index is 5.33. The van der Waals surface area contributed by atoms with Crippen LogP contribution in [-0.2, 0) is 17.9 Å². The van der Waals surface area contributed by atoms with Crippen LogP contribution in [-0.4, -0.2) is 37.2 Å². The van der Waals surface area contributed by atoms with Gasteiger partial charge in [0.25, 0.3) is 0 Å². The van der Waals surface area contributed by atoms with Gasteiger partial charge in [-0.3, -0.25) is 4.90 Å². The van der Waals surface area contributed by atoms with Crippen molar-refractivity contribution in [3.05, 3.63) is 35.4 Å². The molecule has 0 aromatic heterocycles. The summed E-state index contributed by atoms with van der Waals surface area (Å²) in [7, 11) is 1.77. The van der Waals surface area contributed by atoms with E-state index in [2.05, 4.69) is 48.3 Å². The molecule has 3 nitrogen and oxygen atoms in total. The summed E-state index contributed by atoms with van der Waals surface area (Å²) in [6.07, 6.45) is 4.00. The Balaban J connectivity index is 2.01. The van der Waals surface area contributed by atoms with E-state index in [1.54, 1.807) is 7.11 Å². The fraction of sp³-hybridized carbons (Fsp3) is 0.667. The molecule has 118 valence electrons. The second-order valence-electron chi connectivity index (χ2n) is 6.37. The summed E-state index contributed by atoms with van der Waals surface area (Å²) in [6.45, 7) is 8.61. The number of nitrogens with one attached hydrogen (secondary N) is 1. The molecule has 0 spiro atoms. The Hall–Kier alpha value is -0.900. The van der Waals surface area contributed by atoms with Crippen LogP contribution in [0.25, 0.3) is 0 Å². The molecular weight excluding hydrogens is 260 g/mol. The average molecular weight is 290 g/mol. The van der Waals surface area contributed by atoms with Gasteiger partial charge in [-0.05, 0) is 44.4 Å². The van der Waals surface area contributed by atoms with Gasteiger partial charge in [0, 0.05) is 32.3 Å². The van der Waals surface area contributed by atoms with Crippen LogP contribution in [0.15, 0.2) is 24.3 Å².